The summed E-state index contributed by atoms with van der Waals surface area (Å²) in [5.41, 5.74) is 4.37. The Labute approximate surface area is 217 Å². The molecule has 1 aliphatic carbocycles. The molecule has 1 atom stereocenters. The molecule has 1 aliphatic heterocycles. The van der Waals surface area contributed by atoms with Crippen molar-refractivity contribution >= 4 is 5.69 Å². The Bertz CT molecular complexity index is 1450. The molecule has 198 valence electrons. The number of ether oxygens (including phenoxy) is 1. The molecule has 8 nitrogen and oxygen atoms in total. The highest BCUT2D eigenvalue weighted by atomic mass is 19.4. The largest absolute Gasteiger partial charge is 0.480 e. The summed E-state index contributed by atoms with van der Waals surface area (Å²) in [6.45, 7) is 3.02. The molecular weight excluding hydrogens is 495 g/mol. The van der Waals surface area contributed by atoms with Crippen LogP contribution in [-0.4, -0.2) is 36.4 Å². The number of imidazole rings is 1. The SMILES string of the molecule is CCn1cc(C(F)(F)F)nc1-c1ccc(N[C@@H]2CCCn3nc(-c4c(OC)ncnc4C4CC4)cc32)cc1. The highest BCUT2D eigenvalue weighted by Crippen LogP contribution is 2.46. The number of rotatable bonds is 7. The van der Waals surface area contributed by atoms with Gasteiger partial charge in [-0.05, 0) is 62.9 Å². The molecule has 0 saturated heterocycles. The number of hydrogen-bond acceptors (Lipinski definition) is 6. The quantitative estimate of drug-likeness (QED) is 0.316. The third kappa shape index (κ3) is 4.50. The minimum Gasteiger partial charge on any atom is -0.480 e. The van der Waals surface area contributed by atoms with Crippen molar-refractivity contribution in [1.82, 2.24) is 29.3 Å². The molecule has 0 bridgehead atoms. The van der Waals surface area contributed by atoms with Crippen LogP contribution >= 0.6 is 0 Å². The van der Waals surface area contributed by atoms with Gasteiger partial charge in [0, 0.05) is 36.5 Å². The lowest BCUT2D eigenvalue weighted by Gasteiger charge is -2.25. The van der Waals surface area contributed by atoms with Gasteiger partial charge < -0.3 is 14.6 Å². The molecule has 6 rings (SSSR count). The average molecular weight is 524 g/mol. The van der Waals surface area contributed by atoms with E-state index in [1.807, 2.05) is 16.8 Å². The van der Waals surface area contributed by atoms with Gasteiger partial charge in [0.1, 0.15) is 12.2 Å². The predicted octanol–water partition coefficient (Wildman–Crippen LogP) is 6.08. The number of anilines is 1. The highest BCUT2D eigenvalue weighted by Gasteiger charge is 2.35. The molecule has 4 heterocycles. The smallest absolute Gasteiger partial charge is 0.434 e. The van der Waals surface area contributed by atoms with Crippen molar-refractivity contribution in [2.24, 2.45) is 0 Å². The molecule has 0 spiro atoms. The van der Waals surface area contributed by atoms with Crippen LogP contribution in [0.25, 0.3) is 22.6 Å². The number of hydrogen-bond donors (Lipinski definition) is 1. The number of alkyl halides is 3. The van der Waals surface area contributed by atoms with E-state index in [4.69, 9.17) is 9.84 Å². The Morgan fingerprint density at radius 1 is 1.11 bits per heavy atom. The van der Waals surface area contributed by atoms with E-state index in [0.717, 1.165) is 66.8 Å². The van der Waals surface area contributed by atoms with E-state index < -0.39 is 11.9 Å². The van der Waals surface area contributed by atoms with Crippen LogP contribution < -0.4 is 10.1 Å². The van der Waals surface area contributed by atoms with Gasteiger partial charge in [0.2, 0.25) is 5.88 Å². The maximum absolute atomic E-state index is 13.2. The van der Waals surface area contributed by atoms with Gasteiger partial charge in [0.25, 0.3) is 0 Å². The van der Waals surface area contributed by atoms with Crippen LogP contribution in [-0.2, 0) is 19.3 Å². The van der Waals surface area contributed by atoms with Crippen LogP contribution in [0.15, 0.2) is 42.9 Å². The number of nitrogens with zero attached hydrogens (tertiary/aromatic N) is 6. The average Bonchev–Trinajstić information content (AvgIpc) is 3.50. The second-order valence-electron chi connectivity index (χ2n) is 9.75. The Hall–Kier alpha value is -3.89. The molecule has 1 fully saturated rings. The molecule has 4 aromatic rings. The summed E-state index contributed by atoms with van der Waals surface area (Å²) >= 11 is 0. The second-order valence-corrected chi connectivity index (χ2v) is 9.75. The lowest BCUT2D eigenvalue weighted by atomic mass is 10.0. The summed E-state index contributed by atoms with van der Waals surface area (Å²) in [7, 11) is 1.61. The second kappa shape index (κ2) is 9.45. The zero-order valence-corrected chi connectivity index (χ0v) is 21.2. The molecular formula is C27H28F3N7O. The zero-order chi connectivity index (χ0) is 26.4. The van der Waals surface area contributed by atoms with Gasteiger partial charge in [0.05, 0.1) is 35.8 Å². The van der Waals surface area contributed by atoms with E-state index in [0.29, 0.717) is 29.7 Å². The van der Waals surface area contributed by atoms with Crippen molar-refractivity contribution in [1.29, 1.82) is 0 Å². The predicted molar refractivity (Wildman–Crippen MR) is 136 cm³/mol. The highest BCUT2D eigenvalue weighted by molar-refractivity contribution is 5.69. The van der Waals surface area contributed by atoms with E-state index >= 15 is 0 Å². The number of halogens is 3. The maximum Gasteiger partial charge on any atom is 0.434 e. The molecule has 38 heavy (non-hydrogen) atoms. The first kappa shape index (κ1) is 24.4. The van der Waals surface area contributed by atoms with Crippen molar-refractivity contribution < 1.29 is 17.9 Å². The Morgan fingerprint density at radius 3 is 2.58 bits per heavy atom. The Kier molecular flexibility index (Phi) is 6.08. The third-order valence-electron chi connectivity index (χ3n) is 7.18. The van der Waals surface area contributed by atoms with Crippen LogP contribution in [0.4, 0.5) is 18.9 Å². The van der Waals surface area contributed by atoms with E-state index in [1.54, 1.807) is 32.5 Å². The van der Waals surface area contributed by atoms with Crippen molar-refractivity contribution in [3.63, 3.8) is 0 Å². The van der Waals surface area contributed by atoms with Crippen molar-refractivity contribution in [3.05, 3.63) is 59.9 Å². The van der Waals surface area contributed by atoms with Gasteiger partial charge >= 0.3 is 6.18 Å². The minimum atomic E-state index is -4.48. The fraction of sp³-hybridized carbons (Fsp3) is 0.407. The molecule has 0 amide bonds. The van der Waals surface area contributed by atoms with Crippen molar-refractivity contribution in [3.8, 4) is 28.5 Å². The Morgan fingerprint density at radius 2 is 1.89 bits per heavy atom. The van der Waals surface area contributed by atoms with Crippen LogP contribution in [0.1, 0.15) is 61.6 Å². The summed E-state index contributed by atoms with van der Waals surface area (Å²) in [5, 5.41) is 8.49. The van der Waals surface area contributed by atoms with E-state index in [1.165, 1.54) is 4.57 Å². The molecule has 11 heteroatoms. The van der Waals surface area contributed by atoms with Gasteiger partial charge in [-0.2, -0.15) is 18.3 Å². The number of nitrogens with one attached hydrogen (secondary N) is 1. The number of aromatic nitrogens is 6. The number of aryl methyl sites for hydroxylation is 2. The summed E-state index contributed by atoms with van der Waals surface area (Å²) in [4.78, 5) is 12.7. The minimum absolute atomic E-state index is 0.0327. The van der Waals surface area contributed by atoms with Gasteiger partial charge in [0.15, 0.2) is 5.69 Å². The third-order valence-corrected chi connectivity index (χ3v) is 7.18. The summed E-state index contributed by atoms with van der Waals surface area (Å²) < 4.78 is 48.7. The molecule has 0 unspecified atom stereocenters. The van der Waals surface area contributed by atoms with Crippen molar-refractivity contribution in [2.75, 3.05) is 12.4 Å². The molecule has 0 radical (unpaired) electrons. The molecule has 1 N–H and O–H groups in total. The first-order chi connectivity index (χ1) is 18.4. The fourth-order valence-electron chi connectivity index (χ4n) is 5.14. The number of benzene rings is 1. The maximum atomic E-state index is 13.2. The summed E-state index contributed by atoms with van der Waals surface area (Å²) in [5.74, 6) is 1.26. The van der Waals surface area contributed by atoms with Gasteiger partial charge in [-0.1, -0.05) is 0 Å². The van der Waals surface area contributed by atoms with Crippen LogP contribution in [0.5, 0.6) is 5.88 Å². The molecule has 1 aromatic carbocycles. The van der Waals surface area contributed by atoms with E-state index in [9.17, 15) is 13.2 Å². The van der Waals surface area contributed by atoms with Gasteiger partial charge in [-0.25, -0.2) is 15.0 Å². The topological polar surface area (TPSA) is 82.7 Å². The van der Waals surface area contributed by atoms with E-state index in [-0.39, 0.29) is 6.04 Å². The standard InChI is InChI=1S/C27H28F3N7O/c1-3-36-14-22(27(28,29)30)34-25(36)17-8-10-18(11-9-17)33-19-5-4-12-37-21(19)13-20(35-37)23-24(16-6-7-16)31-15-32-26(23)38-2/h8-11,13-16,19,33H,3-7,12H2,1-2H3/t19-/m1/s1. The first-order valence-corrected chi connectivity index (χ1v) is 12.8. The molecule has 3 aromatic heterocycles. The summed E-state index contributed by atoms with van der Waals surface area (Å²) in [6, 6.07) is 9.49. The zero-order valence-electron chi connectivity index (χ0n) is 21.2. The lowest BCUT2D eigenvalue weighted by molar-refractivity contribution is -0.140. The lowest BCUT2D eigenvalue weighted by Crippen LogP contribution is -2.21. The van der Waals surface area contributed by atoms with Crippen LogP contribution in [0.2, 0.25) is 0 Å². The van der Waals surface area contributed by atoms with Gasteiger partial charge in [-0.3, -0.25) is 4.68 Å². The van der Waals surface area contributed by atoms with Gasteiger partial charge in [-0.15, -0.1) is 0 Å². The Balaban J connectivity index is 1.26. The molecule has 2 aliphatic rings. The normalized spacial score (nSPS) is 17.3. The number of methoxy groups -OCH3 is 1. The number of fused-ring (bicyclic) bond motifs is 1. The van der Waals surface area contributed by atoms with E-state index in [2.05, 4.69) is 26.3 Å². The fourth-order valence-corrected chi connectivity index (χ4v) is 5.14. The van der Waals surface area contributed by atoms with Crippen molar-refractivity contribution in [2.45, 2.75) is 63.8 Å². The summed E-state index contributed by atoms with van der Waals surface area (Å²) in [6.07, 6.45) is 2.25. The molecule has 1 saturated carbocycles. The monoisotopic (exact) mass is 523 g/mol. The van der Waals surface area contributed by atoms with Crippen LogP contribution in [0, 0.1) is 0 Å². The van der Waals surface area contributed by atoms with Crippen LogP contribution in [0.3, 0.4) is 0 Å². The first-order valence-electron chi connectivity index (χ1n) is 12.8.